The van der Waals surface area contributed by atoms with Crippen LogP contribution in [-0.4, -0.2) is 20.1 Å². The highest BCUT2D eigenvalue weighted by atomic mass is 19.1. The molecule has 0 aromatic heterocycles. The van der Waals surface area contributed by atoms with Gasteiger partial charge in [-0.15, -0.1) is 0 Å². The van der Waals surface area contributed by atoms with Crippen LogP contribution in [0.25, 0.3) is 0 Å². The van der Waals surface area contributed by atoms with Gasteiger partial charge in [-0.2, -0.15) is 0 Å². The Bertz CT molecular complexity index is 382. The number of nitrogens with one attached hydrogen (secondary N) is 2. The first-order valence-corrected chi connectivity index (χ1v) is 4.90. The number of carbonyl (C=O) groups excluding carboxylic acids is 1. The molecule has 1 unspecified atom stereocenters. The average Bonchev–Trinajstić information content (AvgIpc) is 2.28. The Morgan fingerprint density at radius 2 is 2.19 bits per heavy atom. The SMILES string of the molecule is CNNC(=O)C(C)c1cc(F)ccc1OC. The van der Waals surface area contributed by atoms with Crippen molar-refractivity contribution >= 4 is 5.91 Å². The molecular formula is C11H15FN2O2. The van der Waals surface area contributed by atoms with Crippen LogP contribution in [0.5, 0.6) is 5.75 Å². The third-order valence-corrected chi connectivity index (χ3v) is 2.30. The molecule has 0 saturated carbocycles. The zero-order valence-corrected chi connectivity index (χ0v) is 9.50. The van der Waals surface area contributed by atoms with Gasteiger partial charge in [-0.3, -0.25) is 10.2 Å². The summed E-state index contributed by atoms with van der Waals surface area (Å²) in [5.41, 5.74) is 5.51. The van der Waals surface area contributed by atoms with Crippen LogP contribution in [0.4, 0.5) is 4.39 Å². The second kappa shape index (κ2) is 5.46. The third kappa shape index (κ3) is 2.70. The maximum Gasteiger partial charge on any atom is 0.241 e. The first-order chi connectivity index (χ1) is 7.60. The molecule has 0 aliphatic rings. The highest BCUT2D eigenvalue weighted by Gasteiger charge is 2.19. The number of hydrogen-bond donors (Lipinski definition) is 2. The molecule has 4 nitrogen and oxygen atoms in total. The quantitative estimate of drug-likeness (QED) is 0.758. The predicted molar refractivity (Wildman–Crippen MR) is 58.6 cm³/mol. The van der Waals surface area contributed by atoms with Gasteiger partial charge in [-0.25, -0.2) is 9.82 Å². The van der Waals surface area contributed by atoms with E-state index >= 15 is 0 Å². The Kier molecular flexibility index (Phi) is 4.25. The summed E-state index contributed by atoms with van der Waals surface area (Å²) in [4.78, 5) is 11.6. The van der Waals surface area contributed by atoms with E-state index in [1.807, 2.05) is 0 Å². The number of halogens is 1. The summed E-state index contributed by atoms with van der Waals surface area (Å²) < 4.78 is 18.2. The molecular weight excluding hydrogens is 211 g/mol. The Balaban J connectivity index is 3.01. The molecule has 0 saturated heterocycles. The van der Waals surface area contributed by atoms with Gasteiger partial charge in [0, 0.05) is 12.6 Å². The predicted octanol–water partition coefficient (Wildman–Crippen LogP) is 1.19. The van der Waals surface area contributed by atoms with E-state index < -0.39 is 5.92 Å². The Morgan fingerprint density at radius 3 is 2.75 bits per heavy atom. The molecule has 2 N–H and O–H groups in total. The highest BCUT2D eigenvalue weighted by molar-refractivity contribution is 5.83. The van der Waals surface area contributed by atoms with Gasteiger partial charge in [0.05, 0.1) is 13.0 Å². The van der Waals surface area contributed by atoms with E-state index in [4.69, 9.17) is 4.74 Å². The number of carbonyl (C=O) groups is 1. The van der Waals surface area contributed by atoms with Crippen molar-refractivity contribution in [3.8, 4) is 5.75 Å². The van der Waals surface area contributed by atoms with E-state index in [1.165, 1.54) is 25.3 Å². The van der Waals surface area contributed by atoms with Gasteiger partial charge in [0.25, 0.3) is 0 Å². The molecule has 0 fully saturated rings. The zero-order valence-electron chi connectivity index (χ0n) is 9.50. The maximum atomic E-state index is 13.1. The van der Waals surface area contributed by atoms with Gasteiger partial charge in [0.15, 0.2) is 0 Å². The normalized spacial score (nSPS) is 12.0. The van der Waals surface area contributed by atoms with Crippen LogP contribution in [0.2, 0.25) is 0 Å². The van der Waals surface area contributed by atoms with Gasteiger partial charge in [0.1, 0.15) is 11.6 Å². The molecule has 0 bridgehead atoms. The van der Waals surface area contributed by atoms with Crippen LogP contribution in [0.1, 0.15) is 18.4 Å². The number of benzene rings is 1. The van der Waals surface area contributed by atoms with Crippen LogP contribution in [-0.2, 0) is 4.79 Å². The van der Waals surface area contributed by atoms with E-state index in [2.05, 4.69) is 10.9 Å². The number of methoxy groups -OCH3 is 1. The van der Waals surface area contributed by atoms with Gasteiger partial charge in [-0.1, -0.05) is 0 Å². The van der Waals surface area contributed by atoms with Gasteiger partial charge in [-0.05, 0) is 25.1 Å². The summed E-state index contributed by atoms with van der Waals surface area (Å²) in [6.45, 7) is 1.68. The fourth-order valence-corrected chi connectivity index (χ4v) is 1.42. The summed E-state index contributed by atoms with van der Waals surface area (Å²) in [7, 11) is 3.08. The van der Waals surface area contributed by atoms with Crippen molar-refractivity contribution in [3.63, 3.8) is 0 Å². The van der Waals surface area contributed by atoms with E-state index in [0.29, 0.717) is 11.3 Å². The van der Waals surface area contributed by atoms with Gasteiger partial charge >= 0.3 is 0 Å². The molecule has 1 amide bonds. The first-order valence-electron chi connectivity index (χ1n) is 4.90. The maximum absolute atomic E-state index is 13.1. The van der Waals surface area contributed by atoms with Crippen molar-refractivity contribution in [2.24, 2.45) is 0 Å². The second-order valence-corrected chi connectivity index (χ2v) is 3.35. The van der Waals surface area contributed by atoms with Crippen LogP contribution >= 0.6 is 0 Å². The second-order valence-electron chi connectivity index (χ2n) is 3.35. The molecule has 0 aliphatic heterocycles. The lowest BCUT2D eigenvalue weighted by atomic mass is 9.99. The number of amides is 1. The zero-order chi connectivity index (χ0) is 12.1. The van der Waals surface area contributed by atoms with E-state index in [-0.39, 0.29) is 11.7 Å². The molecule has 0 radical (unpaired) electrons. The number of ether oxygens (including phenoxy) is 1. The van der Waals surface area contributed by atoms with Crippen molar-refractivity contribution in [2.45, 2.75) is 12.8 Å². The van der Waals surface area contributed by atoms with E-state index in [9.17, 15) is 9.18 Å². The van der Waals surface area contributed by atoms with Gasteiger partial charge in [0.2, 0.25) is 5.91 Å². The van der Waals surface area contributed by atoms with E-state index in [0.717, 1.165) is 0 Å². The van der Waals surface area contributed by atoms with Crippen LogP contribution < -0.4 is 15.6 Å². The van der Waals surface area contributed by atoms with E-state index in [1.54, 1.807) is 14.0 Å². The lowest BCUT2D eigenvalue weighted by Crippen LogP contribution is -2.37. The van der Waals surface area contributed by atoms with Crippen molar-refractivity contribution < 1.29 is 13.9 Å². The van der Waals surface area contributed by atoms with Crippen LogP contribution in [0, 0.1) is 5.82 Å². The largest absolute Gasteiger partial charge is 0.496 e. The molecule has 1 aromatic carbocycles. The molecule has 5 heteroatoms. The summed E-state index contributed by atoms with van der Waals surface area (Å²) in [6.07, 6.45) is 0. The summed E-state index contributed by atoms with van der Waals surface area (Å²) in [5, 5.41) is 0. The summed E-state index contributed by atoms with van der Waals surface area (Å²) in [5.74, 6) is -0.621. The molecule has 16 heavy (non-hydrogen) atoms. The van der Waals surface area contributed by atoms with Crippen LogP contribution in [0.3, 0.4) is 0 Å². The molecule has 1 aromatic rings. The number of hydrogen-bond acceptors (Lipinski definition) is 3. The Hall–Kier alpha value is -1.62. The van der Waals surface area contributed by atoms with Crippen molar-refractivity contribution in [3.05, 3.63) is 29.6 Å². The highest BCUT2D eigenvalue weighted by Crippen LogP contribution is 2.27. The minimum Gasteiger partial charge on any atom is -0.496 e. The lowest BCUT2D eigenvalue weighted by molar-refractivity contribution is -0.123. The van der Waals surface area contributed by atoms with Gasteiger partial charge < -0.3 is 4.74 Å². The number of rotatable bonds is 4. The Morgan fingerprint density at radius 1 is 1.50 bits per heavy atom. The minimum atomic E-state index is -0.488. The molecule has 0 aliphatic carbocycles. The van der Waals surface area contributed by atoms with Crippen molar-refractivity contribution in [1.82, 2.24) is 10.9 Å². The van der Waals surface area contributed by atoms with Crippen molar-refractivity contribution in [1.29, 1.82) is 0 Å². The lowest BCUT2D eigenvalue weighted by Gasteiger charge is -2.15. The summed E-state index contributed by atoms with van der Waals surface area (Å²) in [6, 6.07) is 4.11. The Labute approximate surface area is 93.8 Å². The monoisotopic (exact) mass is 226 g/mol. The molecule has 88 valence electrons. The fourth-order valence-electron chi connectivity index (χ4n) is 1.42. The fraction of sp³-hybridized carbons (Fsp3) is 0.364. The van der Waals surface area contributed by atoms with Crippen LogP contribution in [0.15, 0.2) is 18.2 Å². The number of hydrazine groups is 1. The third-order valence-electron chi connectivity index (χ3n) is 2.30. The smallest absolute Gasteiger partial charge is 0.241 e. The standard InChI is InChI=1S/C11H15FN2O2/c1-7(11(15)14-13-2)9-6-8(12)4-5-10(9)16-3/h4-7,13H,1-3H3,(H,14,15). The van der Waals surface area contributed by atoms with Crippen molar-refractivity contribution in [2.75, 3.05) is 14.2 Å². The molecule has 1 atom stereocenters. The minimum absolute atomic E-state index is 0.244. The molecule has 0 heterocycles. The topological polar surface area (TPSA) is 50.4 Å². The first kappa shape index (κ1) is 12.4. The summed E-state index contributed by atoms with van der Waals surface area (Å²) >= 11 is 0. The average molecular weight is 226 g/mol. The molecule has 0 spiro atoms. The molecule has 1 rings (SSSR count).